The molecule has 0 aromatic heterocycles. The summed E-state index contributed by atoms with van der Waals surface area (Å²) in [6.07, 6.45) is 0.871. The highest BCUT2D eigenvalue weighted by Gasteiger charge is 2.35. The maximum Gasteiger partial charge on any atom is 0.225 e. The first-order chi connectivity index (χ1) is 15.1. The number of nitrogens with zero attached hydrogens (tertiary/aromatic N) is 1. The van der Waals surface area contributed by atoms with E-state index in [9.17, 15) is 14.0 Å². The summed E-state index contributed by atoms with van der Waals surface area (Å²) >= 11 is 0. The average molecular weight is 416 g/mol. The summed E-state index contributed by atoms with van der Waals surface area (Å²) in [5.74, 6) is -0.863. The number of likely N-dealkylation sites (tertiary alicyclic amines) is 1. The summed E-state index contributed by atoms with van der Waals surface area (Å²) in [5, 5.41) is 3.17. The van der Waals surface area contributed by atoms with Crippen molar-refractivity contribution in [3.63, 3.8) is 0 Å². The Morgan fingerprint density at radius 1 is 0.935 bits per heavy atom. The van der Waals surface area contributed by atoms with Crippen LogP contribution in [0.15, 0.2) is 84.9 Å². The van der Waals surface area contributed by atoms with E-state index in [2.05, 4.69) is 5.32 Å². The first-order valence-electron chi connectivity index (χ1n) is 10.5. The summed E-state index contributed by atoms with van der Waals surface area (Å²) in [6, 6.07) is 25.9. The van der Waals surface area contributed by atoms with Crippen LogP contribution in [-0.4, -0.2) is 23.3 Å². The molecule has 1 aliphatic heterocycles. The van der Waals surface area contributed by atoms with Crippen LogP contribution in [-0.2, 0) is 22.6 Å². The highest BCUT2D eigenvalue weighted by atomic mass is 19.1. The molecule has 1 aliphatic rings. The fourth-order valence-corrected chi connectivity index (χ4v) is 3.99. The summed E-state index contributed by atoms with van der Waals surface area (Å²) < 4.78 is 13.1. The SMILES string of the molecule is O=C(NC(Cc1ccccc1)c1ccccc1)C1CC(=O)N(Cc2ccc(F)cc2)C1. The van der Waals surface area contributed by atoms with Gasteiger partial charge in [-0.2, -0.15) is 0 Å². The number of amides is 2. The molecular weight excluding hydrogens is 391 g/mol. The third kappa shape index (κ3) is 5.37. The third-order valence-corrected chi connectivity index (χ3v) is 5.67. The van der Waals surface area contributed by atoms with E-state index >= 15 is 0 Å². The smallest absolute Gasteiger partial charge is 0.225 e. The van der Waals surface area contributed by atoms with Gasteiger partial charge in [-0.3, -0.25) is 9.59 Å². The van der Waals surface area contributed by atoms with Crippen LogP contribution in [0.1, 0.15) is 29.2 Å². The van der Waals surface area contributed by atoms with Crippen molar-refractivity contribution in [2.45, 2.75) is 25.4 Å². The lowest BCUT2D eigenvalue weighted by Gasteiger charge is -2.22. The monoisotopic (exact) mass is 416 g/mol. The molecule has 4 nitrogen and oxygen atoms in total. The highest BCUT2D eigenvalue weighted by Crippen LogP contribution is 2.24. The van der Waals surface area contributed by atoms with Gasteiger partial charge in [0.05, 0.1) is 12.0 Å². The first-order valence-corrected chi connectivity index (χ1v) is 10.5. The molecule has 5 heteroatoms. The lowest BCUT2D eigenvalue weighted by Crippen LogP contribution is -2.36. The molecule has 4 rings (SSSR count). The van der Waals surface area contributed by atoms with E-state index < -0.39 is 5.92 Å². The lowest BCUT2D eigenvalue weighted by molar-refractivity contribution is -0.129. The van der Waals surface area contributed by atoms with Crippen LogP contribution in [0, 0.1) is 11.7 Å². The molecule has 2 unspecified atom stereocenters. The number of hydrogen-bond donors (Lipinski definition) is 1. The van der Waals surface area contributed by atoms with Crippen LogP contribution in [0.2, 0.25) is 0 Å². The number of benzene rings is 3. The molecule has 1 fully saturated rings. The van der Waals surface area contributed by atoms with Crippen molar-refractivity contribution < 1.29 is 14.0 Å². The van der Waals surface area contributed by atoms with Gasteiger partial charge in [0.15, 0.2) is 0 Å². The molecule has 0 radical (unpaired) electrons. The van der Waals surface area contributed by atoms with E-state index in [1.54, 1.807) is 17.0 Å². The van der Waals surface area contributed by atoms with Gasteiger partial charge >= 0.3 is 0 Å². The maximum absolute atomic E-state index is 13.1. The molecule has 2 amide bonds. The van der Waals surface area contributed by atoms with Crippen LogP contribution in [0.5, 0.6) is 0 Å². The number of nitrogens with one attached hydrogen (secondary N) is 1. The van der Waals surface area contributed by atoms with Gasteiger partial charge in [-0.15, -0.1) is 0 Å². The van der Waals surface area contributed by atoms with Crippen molar-refractivity contribution in [2.75, 3.05) is 6.54 Å². The minimum absolute atomic E-state index is 0.0520. The Kier molecular flexibility index (Phi) is 6.41. The van der Waals surface area contributed by atoms with Crippen molar-refractivity contribution in [3.8, 4) is 0 Å². The number of halogens is 1. The van der Waals surface area contributed by atoms with Crippen LogP contribution in [0.25, 0.3) is 0 Å². The molecule has 1 N–H and O–H groups in total. The zero-order valence-electron chi connectivity index (χ0n) is 17.2. The molecule has 2 atom stereocenters. The molecule has 1 heterocycles. The van der Waals surface area contributed by atoms with Gasteiger partial charge in [0.2, 0.25) is 11.8 Å². The van der Waals surface area contributed by atoms with Gasteiger partial charge in [0.25, 0.3) is 0 Å². The number of carbonyl (C=O) groups is 2. The Labute approximate surface area is 181 Å². The summed E-state index contributed by atoms with van der Waals surface area (Å²) in [7, 11) is 0. The topological polar surface area (TPSA) is 49.4 Å². The molecule has 158 valence electrons. The van der Waals surface area contributed by atoms with Crippen LogP contribution in [0.4, 0.5) is 4.39 Å². The highest BCUT2D eigenvalue weighted by molar-refractivity contribution is 5.89. The van der Waals surface area contributed by atoms with Gasteiger partial charge in [0, 0.05) is 19.5 Å². The molecule has 31 heavy (non-hydrogen) atoms. The Morgan fingerprint density at radius 2 is 1.58 bits per heavy atom. The minimum Gasteiger partial charge on any atom is -0.349 e. The predicted molar refractivity (Wildman–Crippen MR) is 117 cm³/mol. The van der Waals surface area contributed by atoms with Crippen LogP contribution < -0.4 is 5.32 Å². The van der Waals surface area contributed by atoms with Gasteiger partial charge in [-0.25, -0.2) is 4.39 Å². The van der Waals surface area contributed by atoms with E-state index in [0.717, 1.165) is 16.7 Å². The van der Waals surface area contributed by atoms with Crippen molar-refractivity contribution >= 4 is 11.8 Å². The quantitative estimate of drug-likeness (QED) is 0.625. The minimum atomic E-state index is -0.394. The number of hydrogen-bond acceptors (Lipinski definition) is 2. The predicted octanol–water partition coefficient (Wildman–Crippen LogP) is 4.27. The zero-order chi connectivity index (χ0) is 21.6. The Bertz CT molecular complexity index is 1020. The molecule has 1 saturated heterocycles. The molecule has 3 aromatic rings. The van der Waals surface area contributed by atoms with Crippen molar-refractivity contribution in [1.29, 1.82) is 0 Å². The van der Waals surface area contributed by atoms with Crippen molar-refractivity contribution in [1.82, 2.24) is 10.2 Å². The van der Waals surface area contributed by atoms with Gasteiger partial charge in [-0.1, -0.05) is 72.8 Å². The van der Waals surface area contributed by atoms with Gasteiger partial charge < -0.3 is 10.2 Å². The summed E-state index contributed by atoms with van der Waals surface area (Å²) in [6.45, 7) is 0.754. The summed E-state index contributed by atoms with van der Waals surface area (Å²) in [4.78, 5) is 27.2. The second-order valence-electron chi connectivity index (χ2n) is 7.96. The molecular formula is C26H25FN2O2. The van der Waals surface area contributed by atoms with E-state index in [4.69, 9.17) is 0 Å². The zero-order valence-corrected chi connectivity index (χ0v) is 17.2. The number of carbonyl (C=O) groups excluding carboxylic acids is 2. The fourth-order valence-electron chi connectivity index (χ4n) is 3.99. The fraction of sp³-hybridized carbons (Fsp3) is 0.231. The Hall–Kier alpha value is -3.47. The second-order valence-corrected chi connectivity index (χ2v) is 7.96. The number of rotatable bonds is 7. The molecule has 0 aliphatic carbocycles. The van der Waals surface area contributed by atoms with Crippen LogP contribution in [0.3, 0.4) is 0 Å². The largest absolute Gasteiger partial charge is 0.349 e. The Morgan fingerprint density at radius 3 is 2.26 bits per heavy atom. The average Bonchev–Trinajstić information content (AvgIpc) is 3.16. The van der Waals surface area contributed by atoms with Crippen LogP contribution >= 0.6 is 0 Å². The van der Waals surface area contributed by atoms with E-state index in [0.29, 0.717) is 19.5 Å². The summed E-state index contributed by atoms with van der Waals surface area (Å²) in [5.41, 5.74) is 3.02. The maximum atomic E-state index is 13.1. The molecule has 0 spiro atoms. The molecule has 0 saturated carbocycles. The Balaban J connectivity index is 1.43. The first kappa shape index (κ1) is 20.8. The van der Waals surface area contributed by atoms with Gasteiger partial charge in [-0.05, 0) is 35.2 Å². The lowest BCUT2D eigenvalue weighted by atomic mass is 9.97. The normalized spacial score (nSPS) is 16.9. The standard InChI is InChI=1S/C26H25FN2O2/c27-23-13-11-20(12-14-23)17-29-18-22(16-25(29)30)26(31)28-24(21-9-5-2-6-10-21)15-19-7-3-1-4-8-19/h1-14,22,24H,15-18H2,(H,28,31). The molecule has 0 bridgehead atoms. The molecule has 3 aromatic carbocycles. The van der Waals surface area contributed by atoms with E-state index in [1.165, 1.54) is 12.1 Å². The van der Waals surface area contributed by atoms with Crippen molar-refractivity contribution in [3.05, 3.63) is 107 Å². The third-order valence-electron chi connectivity index (χ3n) is 5.67. The van der Waals surface area contributed by atoms with E-state index in [1.807, 2.05) is 60.7 Å². The van der Waals surface area contributed by atoms with Crippen molar-refractivity contribution in [2.24, 2.45) is 5.92 Å². The second kappa shape index (κ2) is 9.56. The van der Waals surface area contributed by atoms with Gasteiger partial charge in [0.1, 0.15) is 5.82 Å². The van der Waals surface area contributed by atoms with E-state index in [-0.39, 0.29) is 30.1 Å².